The minimum Gasteiger partial charge on any atom is -0.385 e. The molecular weight excluding hydrogens is 268 g/mol. The number of nitrogens with zero attached hydrogens (tertiary/aromatic N) is 1. The number of anilines is 1. The molecule has 0 fully saturated rings. The molecule has 0 bridgehead atoms. The van der Waals surface area contributed by atoms with Gasteiger partial charge in [0, 0.05) is 25.0 Å². The number of nitrogens with one attached hydrogen (secondary N) is 2. The van der Waals surface area contributed by atoms with E-state index in [0.29, 0.717) is 17.8 Å². The molecule has 0 atom stereocenters. The highest BCUT2D eigenvalue weighted by molar-refractivity contribution is 7.89. The average Bonchev–Trinajstić information content (AvgIpc) is 2.27. The van der Waals surface area contributed by atoms with Crippen LogP contribution in [0.15, 0.2) is 12.3 Å². The molecule has 0 saturated heterocycles. The molecule has 1 aromatic rings. The maximum atomic E-state index is 11.9. The van der Waals surface area contributed by atoms with Gasteiger partial charge in [-0.1, -0.05) is 0 Å². The van der Waals surface area contributed by atoms with E-state index >= 15 is 0 Å². The summed E-state index contributed by atoms with van der Waals surface area (Å²) in [5.41, 5.74) is 1.84. The van der Waals surface area contributed by atoms with Crippen LogP contribution in [0.25, 0.3) is 0 Å². The number of carbonyl (C=O) groups excluding carboxylic acids is 1. The largest absolute Gasteiger partial charge is 0.385 e. The topological polar surface area (TPSA) is 114 Å². The summed E-state index contributed by atoms with van der Waals surface area (Å²) in [6.45, 7) is 4.37. The summed E-state index contributed by atoms with van der Waals surface area (Å²) in [5, 5.41) is 10.4. The Morgan fingerprint density at radius 1 is 1.47 bits per heavy atom. The molecule has 0 saturated carbocycles. The van der Waals surface area contributed by atoms with Crippen molar-refractivity contribution in [3.05, 3.63) is 23.5 Å². The van der Waals surface area contributed by atoms with Crippen LogP contribution >= 0.6 is 0 Å². The standard InChI is InChI=1S/C11H18N4O3S/c1-3-13-10-6-8(2)15-7-9(10)11(16)14-4-5-19(12,17)18/h6-7H,3-5H2,1-2H3,(H,13,15)(H,14,16)(H2,12,17,18). The monoisotopic (exact) mass is 286 g/mol. The van der Waals surface area contributed by atoms with Crippen molar-refractivity contribution in [1.29, 1.82) is 0 Å². The van der Waals surface area contributed by atoms with Crippen molar-refractivity contribution >= 4 is 21.6 Å². The summed E-state index contributed by atoms with van der Waals surface area (Å²) in [4.78, 5) is 16.0. The van der Waals surface area contributed by atoms with Gasteiger partial charge in [-0.25, -0.2) is 13.6 Å². The molecule has 7 nitrogen and oxygen atoms in total. The number of hydrogen-bond donors (Lipinski definition) is 3. The van der Waals surface area contributed by atoms with Gasteiger partial charge in [0.15, 0.2) is 0 Å². The van der Waals surface area contributed by atoms with Gasteiger partial charge in [0.05, 0.1) is 17.0 Å². The van der Waals surface area contributed by atoms with Crippen molar-refractivity contribution in [2.45, 2.75) is 13.8 Å². The van der Waals surface area contributed by atoms with E-state index in [1.807, 2.05) is 13.8 Å². The Bertz CT molecular complexity index is 557. The number of primary sulfonamides is 1. The first kappa shape index (κ1) is 15.4. The van der Waals surface area contributed by atoms with Gasteiger partial charge >= 0.3 is 0 Å². The zero-order valence-corrected chi connectivity index (χ0v) is 11.8. The molecule has 4 N–H and O–H groups in total. The molecule has 1 heterocycles. The summed E-state index contributed by atoms with van der Waals surface area (Å²) in [6.07, 6.45) is 1.46. The predicted octanol–water partition coefficient (Wildman–Crippen LogP) is -0.160. The highest BCUT2D eigenvalue weighted by atomic mass is 32.2. The maximum Gasteiger partial charge on any atom is 0.254 e. The number of aryl methyl sites for hydroxylation is 1. The molecule has 106 valence electrons. The summed E-state index contributed by atoms with van der Waals surface area (Å²) >= 11 is 0. The molecule has 0 radical (unpaired) electrons. The lowest BCUT2D eigenvalue weighted by Crippen LogP contribution is -2.32. The molecule has 1 rings (SSSR count). The number of hydrogen-bond acceptors (Lipinski definition) is 5. The molecule has 0 aromatic carbocycles. The smallest absolute Gasteiger partial charge is 0.254 e. The van der Waals surface area contributed by atoms with Gasteiger partial charge in [-0.05, 0) is 19.9 Å². The Labute approximate surface area is 112 Å². The van der Waals surface area contributed by atoms with Crippen molar-refractivity contribution < 1.29 is 13.2 Å². The van der Waals surface area contributed by atoms with Crippen molar-refractivity contribution in [3.8, 4) is 0 Å². The third-order valence-corrected chi connectivity index (χ3v) is 3.10. The van der Waals surface area contributed by atoms with E-state index in [1.165, 1.54) is 6.20 Å². The summed E-state index contributed by atoms with van der Waals surface area (Å²) < 4.78 is 21.5. The maximum absolute atomic E-state index is 11.9. The lowest BCUT2D eigenvalue weighted by atomic mass is 10.2. The van der Waals surface area contributed by atoms with Gasteiger partial charge in [-0.3, -0.25) is 9.78 Å². The van der Waals surface area contributed by atoms with Crippen LogP contribution in [0.4, 0.5) is 5.69 Å². The second-order valence-electron chi connectivity index (χ2n) is 4.02. The number of nitrogens with two attached hydrogens (primary N) is 1. The summed E-state index contributed by atoms with van der Waals surface area (Å²) in [5.74, 6) is -0.679. The van der Waals surface area contributed by atoms with Crippen molar-refractivity contribution in [2.24, 2.45) is 5.14 Å². The molecule has 8 heteroatoms. The van der Waals surface area contributed by atoms with Crippen LogP contribution < -0.4 is 15.8 Å². The van der Waals surface area contributed by atoms with Gasteiger partial charge in [-0.2, -0.15) is 0 Å². The number of sulfonamides is 1. The van der Waals surface area contributed by atoms with E-state index in [0.717, 1.165) is 5.69 Å². The Kier molecular flexibility index (Phi) is 5.25. The first-order valence-electron chi connectivity index (χ1n) is 5.82. The van der Waals surface area contributed by atoms with Crippen molar-refractivity contribution in [2.75, 3.05) is 24.2 Å². The molecule has 0 aliphatic heterocycles. The minimum absolute atomic E-state index is 0.0306. The predicted molar refractivity (Wildman–Crippen MR) is 73.4 cm³/mol. The van der Waals surface area contributed by atoms with Crippen LogP contribution in [0, 0.1) is 6.92 Å². The summed E-state index contributed by atoms with van der Waals surface area (Å²) in [6, 6.07) is 1.76. The van der Waals surface area contributed by atoms with E-state index in [9.17, 15) is 13.2 Å². The van der Waals surface area contributed by atoms with E-state index in [1.54, 1.807) is 6.07 Å². The second-order valence-corrected chi connectivity index (χ2v) is 5.76. The van der Waals surface area contributed by atoms with Gasteiger partial charge in [0.25, 0.3) is 5.91 Å². The fourth-order valence-electron chi connectivity index (χ4n) is 1.48. The molecule has 0 unspecified atom stereocenters. The lowest BCUT2D eigenvalue weighted by Gasteiger charge is -2.11. The SMILES string of the molecule is CCNc1cc(C)ncc1C(=O)NCCS(N)(=O)=O. The fraction of sp³-hybridized carbons (Fsp3) is 0.455. The molecule has 0 spiro atoms. The van der Waals surface area contributed by atoms with Crippen LogP contribution in [-0.4, -0.2) is 38.2 Å². The fourth-order valence-corrected chi connectivity index (χ4v) is 1.87. The van der Waals surface area contributed by atoms with E-state index in [4.69, 9.17) is 5.14 Å². The zero-order chi connectivity index (χ0) is 14.5. The van der Waals surface area contributed by atoms with Crippen LogP contribution in [0.1, 0.15) is 23.0 Å². The number of aromatic nitrogens is 1. The molecule has 0 aliphatic rings. The lowest BCUT2D eigenvalue weighted by molar-refractivity contribution is 0.0956. The number of rotatable bonds is 6. The Morgan fingerprint density at radius 2 is 2.16 bits per heavy atom. The Morgan fingerprint density at radius 3 is 2.74 bits per heavy atom. The van der Waals surface area contributed by atoms with Crippen LogP contribution in [0.3, 0.4) is 0 Å². The number of amides is 1. The second kappa shape index (κ2) is 6.48. The van der Waals surface area contributed by atoms with Crippen LogP contribution in [0.5, 0.6) is 0 Å². The normalized spacial score (nSPS) is 11.1. The Hall–Kier alpha value is -1.67. The summed E-state index contributed by atoms with van der Waals surface area (Å²) in [7, 11) is -3.58. The third kappa shape index (κ3) is 5.23. The van der Waals surface area contributed by atoms with E-state index in [2.05, 4.69) is 15.6 Å². The number of pyridine rings is 1. The molecule has 1 amide bonds. The Balaban J connectivity index is 2.76. The van der Waals surface area contributed by atoms with E-state index < -0.39 is 10.0 Å². The minimum atomic E-state index is -3.58. The molecular formula is C11H18N4O3S. The average molecular weight is 286 g/mol. The number of carbonyl (C=O) groups is 1. The van der Waals surface area contributed by atoms with E-state index in [-0.39, 0.29) is 18.2 Å². The van der Waals surface area contributed by atoms with Crippen LogP contribution in [0.2, 0.25) is 0 Å². The van der Waals surface area contributed by atoms with Crippen molar-refractivity contribution in [3.63, 3.8) is 0 Å². The molecule has 0 aliphatic carbocycles. The van der Waals surface area contributed by atoms with Gasteiger partial charge in [0.1, 0.15) is 0 Å². The quantitative estimate of drug-likeness (QED) is 0.672. The highest BCUT2D eigenvalue weighted by Crippen LogP contribution is 2.15. The first-order valence-corrected chi connectivity index (χ1v) is 7.54. The zero-order valence-electron chi connectivity index (χ0n) is 10.9. The highest BCUT2D eigenvalue weighted by Gasteiger charge is 2.12. The van der Waals surface area contributed by atoms with Crippen LogP contribution in [-0.2, 0) is 10.0 Å². The van der Waals surface area contributed by atoms with Gasteiger partial charge in [-0.15, -0.1) is 0 Å². The van der Waals surface area contributed by atoms with Gasteiger partial charge in [0.2, 0.25) is 10.0 Å². The molecule has 1 aromatic heterocycles. The molecule has 19 heavy (non-hydrogen) atoms. The first-order chi connectivity index (χ1) is 8.83. The van der Waals surface area contributed by atoms with Crippen molar-refractivity contribution in [1.82, 2.24) is 10.3 Å². The van der Waals surface area contributed by atoms with Gasteiger partial charge < -0.3 is 10.6 Å². The third-order valence-electron chi connectivity index (χ3n) is 2.32.